The molecule has 3 rings (SSSR count). The molecule has 124 valence electrons. The molecular weight excluding hydrogens is 292 g/mol. The van der Waals surface area contributed by atoms with Gasteiger partial charge in [-0.25, -0.2) is 9.67 Å². The zero-order valence-electron chi connectivity index (χ0n) is 13.7. The van der Waals surface area contributed by atoms with Gasteiger partial charge in [0.05, 0.1) is 19.8 Å². The van der Waals surface area contributed by atoms with E-state index in [2.05, 4.69) is 28.0 Å². The molecule has 0 bridgehead atoms. The van der Waals surface area contributed by atoms with Gasteiger partial charge in [0.2, 0.25) is 0 Å². The van der Waals surface area contributed by atoms with Crippen molar-refractivity contribution in [2.45, 2.75) is 45.0 Å². The number of benzene rings is 1. The first-order valence-electron chi connectivity index (χ1n) is 8.14. The third kappa shape index (κ3) is 3.54. The summed E-state index contributed by atoms with van der Waals surface area (Å²) >= 11 is 0. The maximum Gasteiger partial charge on any atom is 0.141 e. The number of likely N-dealkylation sites (tertiary alicyclic amines) is 1. The Hall–Kier alpha value is -1.92. The number of hydrogen-bond donors (Lipinski definition) is 1. The van der Waals surface area contributed by atoms with Gasteiger partial charge in [0.25, 0.3) is 0 Å². The molecule has 0 spiro atoms. The van der Waals surface area contributed by atoms with Crippen molar-refractivity contribution >= 4 is 0 Å². The van der Waals surface area contributed by atoms with Crippen LogP contribution in [-0.4, -0.2) is 44.5 Å². The van der Waals surface area contributed by atoms with Crippen LogP contribution in [0.4, 0.5) is 0 Å². The van der Waals surface area contributed by atoms with Crippen LogP contribution in [0.3, 0.4) is 0 Å². The van der Waals surface area contributed by atoms with E-state index >= 15 is 0 Å². The van der Waals surface area contributed by atoms with Crippen molar-refractivity contribution in [2.75, 3.05) is 13.7 Å². The Kier molecular flexibility index (Phi) is 4.93. The lowest BCUT2D eigenvalue weighted by Crippen LogP contribution is -2.26. The van der Waals surface area contributed by atoms with Crippen molar-refractivity contribution in [1.29, 1.82) is 0 Å². The number of nitrogens with zero attached hydrogens (tertiary/aromatic N) is 4. The predicted octanol–water partition coefficient (Wildman–Crippen LogP) is 2.00. The van der Waals surface area contributed by atoms with Crippen molar-refractivity contribution in [1.82, 2.24) is 19.7 Å². The van der Waals surface area contributed by atoms with E-state index in [-0.39, 0.29) is 12.1 Å². The Morgan fingerprint density at radius 2 is 2.26 bits per heavy atom. The quantitative estimate of drug-likeness (QED) is 0.883. The summed E-state index contributed by atoms with van der Waals surface area (Å²) in [6, 6.07) is 8.25. The van der Waals surface area contributed by atoms with E-state index < -0.39 is 0 Å². The first kappa shape index (κ1) is 16.0. The van der Waals surface area contributed by atoms with Crippen molar-refractivity contribution in [3.05, 3.63) is 42.0 Å². The fourth-order valence-electron chi connectivity index (χ4n) is 3.24. The molecule has 2 heterocycles. The Balaban J connectivity index is 1.80. The van der Waals surface area contributed by atoms with Gasteiger partial charge >= 0.3 is 0 Å². The van der Waals surface area contributed by atoms with Gasteiger partial charge in [-0.2, -0.15) is 5.10 Å². The van der Waals surface area contributed by atoms with Crippen LogP contribution in [-0.2, 0) is 13.1 Å². The summed E-state index contributed by atoms with van der Waals surface area (Å²) in [5, 5.41) is 14.4. The molecule has 1 aliphatic rings. The molecule has 1 aromatic heterocycles. The van der Waals surface area contributed by atoms with Gasteiger partial charge in [0.15, 0.2) is 0 Å². The molecule has 0 aliphatic carbocycles. The molecule has 0 saturated carbocycles. The lowest BCUT2D eigenvalue weighted by atomic mass is 10.0. The average molecular weight is 316 g/mol. The molecule has 1 N–H and O–H groups in total. The standard InChI is InChI=1S/C17H24N4O2/c1-3-7-21-17(18-12-19-21)11-20-10-14(22)9-16(20)13-5-4-6-15(8-13)23-2/h4-6,8,12,14,16,22H,3,7,9-11H2,1-2H3/t14-,16+/m0/s1. The minimum absolute atomic E-state index is 0.173. The van der Waals surface area contributed by atoms with Crippen LogP contribution in [0.15, 0.2) is 30.6 Å². The largest absolute Gasteiger partial charge is 0.497 e. The van der Waals surface area contributed by atoms with Crippen LogP contribution in [0.2, 0.25) is 0 Å². The smallest absolute Gasteiger partial charge is 0.141 e. The molecule has 0 radical (unpaired) electrons. The van der Waals surface area contributed by atoms with E-state index in [1.807, 2.05) is 22.9 Å². The van der Waals surface area contributed by atoms with E-state index in [4.69, 9.17) is 4.74 Å². The van der Waals surface area contributed by atoms with Crippen molar-refractivity contribution in [3.8, 4) is 5.75 Å². The van der Waals surface area contributed by atoms with E-state index in [9.17, 15) is 5.11 Å². The normalized spacial score (nSPS) is 21.7. The van der Waals surface area contributed by atoms with Crippen LogP contribution in [0.25, 0.3) is 0 Å². The summed E-state index contributed by atoms with van der Waals surface area (Å²) in [6.45, 7) is 4.35. The van der Waals surface area contributed by atoms with Gasteiger partial charge in [-0.1, -0.05) is 19.1 Å². The Morgan fingerprint density at radius 3 is 3.04 bits per heavy atom. The molecule has 2 atom stereocenters. The molecule has 2 aromatic rings. The third-order valence-electron chi connectivity index (χ3n) is 4.34. The first-order chi connectivity index (χ1) is 11.2. The second-order valence-electron chi connectivity index (χ2n) is 6.01. The van der Waals surface area contributed by atoms with Gasteiger partial charge in [-0.3, -0.25) is 4.90 Å². The zero-order valence-corrected chi connectivity index (χ0v) is 13.7. The van der Waals surface area contributed by atoms with Gasteiger partial charge in [0.1, 0.15) is 17.9 Å². The molecule has 23 heavy (non-hydrogen) atoms. The fourth-order valence-corrected chi connectivity index (χ4v) is 3.24. The average Bonchev–Trinajstić information content (AvgIpc) is 3.15. The van der Waals surface area contributed by atoms with Crippen molar-refractivity contribution in [2.24, 2.45) is 0 Å². The van der Waals surface area contributed by atoms with Crippen LogP contribution in [0.5, 0.6) is 5.75 Å². The topological polar surface area (TPSA) is 63.4 Å². The summed E-state index contributed by atoms with van der Waals surface area (Å²) in [5.41, 5.74) is 1.17. The minimum Gasteiger partial charge on any atom is -0.497 e. The molecule has 0 unspecified atom stereocenters. The van der Waals surface area contributed by atoms with E-state index in [0.717, 1.165) is 31.0 Å². The van der Waals surface area contributed by atoms with Crippen molar-refractivity contribution < 1.29 is 9.84 Å². The molecule has 1 aromatic carbocycles. The highest BCUT2D eigenvalue weighted by Crippen LogP contribution is 2.34. The highest BCUT2D eigenvalue weighted by atomic mass is 16.5. The maximum atomic E-state index is 10.1. The van der Waals surface area contributed by atoms with Gasteiger partial charge in [-0.15, -0.1) is 0 Å². The number of β-amino-alcohol motifs (C(OH)–C–C–N with tert-alkyl or cyclic N) is 1. The van der Waals surface area contributed by atoms with Crippen molar-refractivity contribution in [3.63, 3.8) is 0 Å². The number of ether oxygens (including phenoxy) is 1. The number of methoxy groups -OCH3 is 1. The Labute approximate surface area is 136 Å². The number of aliphatic hydroxyl groups is 1. The van der Waals surface area contributed by atoms with Gasteiger partial charge in [0, 0.05) is 19.1 Å². The third-order valence-corrected chi connectivity index (χ3v) is 4.34. The SMILES string of the molecule is CCCn1ncnc1CN1C[C@@H](O)C[C@@H]1c1cccc(OC)c1. The van der Waals surface area contributed by atoms with Gasteiger partial charge < -0.3 is 9.84 Å². The summed E-state index contributed by atoms with van der Waals surface area (Å²) in [5.74, 6) is 1.80. The number of aryl methyl sites for hydroxylation is 1. The molecule has 1 fully saturated rings. The summed E-state index contributed by atoms with van der Waals surface area (Å²) in [6.07, 6.45) is 3.06. The highest BCUT2D eigenvalue weighted by Gasteiger charge is 2.33. The van der Waals surface area contributed by atoms with E-state index in [0.29, 0.717) is 13.1 Å². The molecule has 6 nitrogen and oxygen atoms in total. The lowest BCUT2D eigenvalue weighted by molar-refractivity contribution is 0.170. The minimum atomic E-state index is -0.311. The zero-order chi connectivity index (χ0) is 16.2. The molecule has 0 amide bonds. The Morgan fingerprint density at radius 1 is 1.39 bits per heavy atom. The molecule has 6 heteroatoms. The molecule has 1 saturated heterocycles. The van der Waals surface area contributed by atoms with E-state index in [1.165, 1.54) is 5.56 Å². The first-order valence-corrected chi connectivity index (χ1v) is 8.14. The lowest BCUT2D eigenvalue weighted by Gasteiger charge is -2.24. The second kappa shape index (κ2) is 7.10. The monoisotopic (exact) mass is 316 g/mol. The number of aromatic nitrogens is 3. The second-order valence-corrected chi connectivity index (χ2v) is 6.01. The van der Waals surface area contributed by atoms with Crippen LogP contribution < -0.4 is 4.74 Å². The van der Waals surface area contributed by atoms with Crippen LogP contribution in [0.1, 0.15) is 37.2 Å². The predicted molar refractivity (Wildman–Crippen MR) is 87.1 cm³/mol. The Bertz CT molecular complexity index is 643. The number of hydrogen-bond acceptors (Lipinski definition) is 5. The van der Waals surface area contributed by atoms with Crippen LogP contribution in [0, 0.1) is 0 Å². The van der Waals surface area contributed by atoms with Gasteiger partial charge in [-0.05, 0) is 30.5 Å². The highest BCUT2D eigenvalue weighted by molar-refractivity contribution is 5.31. The van der Waals surface area contributed by atoms with Crippen LogP contribution >= 0.6 is 0 Å². The maximum absolute atomic E-state index is 10.1. The summed E-state index contributed by atoms with van der Waals surface area (Å²) in [4.78, 5) is 6.66. The fraction of sp³-hybridized carbons (Fsp3) is 0.529. The van der Waals surface area contributed by atoms with E-state index in [1.54, 1.807) is 13.4 Å². The molecule has 1 aliphatic heterocycles. The number of rotatable bonds is 6. The summed E-state index contributed by atoms with van der Waals surface area (Å²) < 4.78 is 7.28. The molecular formula is C17H24N4O2. The number of aliphatic hydroxyl groups excluding tert-OH is 1. The summed E-state index contributed by atoms with van der Waals surface area (Å²) in [7, 11) is 1.67.